The first-order valence-electron chi connectivity index (χ1n) is 23.4. The van der Waals surface area contributed by atoms with Crippen LogP contribution < -0.4 is 0 Å². The summed E-state index contributed by atoms with van der Waals surface area (Å²) in [4.78, 5) is 47.0. The fourth-order valence-corrected chi connectivity index (χ4v) is 10.7. The molecule has 4 aliphatic heterocycles. The molecule has 4 rings (SSSR count). The second kappa shape index (κ2) is 22.9. The largest absolute Gasteiger partial charge is 0.459 e. The Morgan fingerprint density at radius 3 is 2.25 bits per heavy atom. The van der Waals surface area contributed by atoms with Gasteiger partial charge in [0.1, 0.15) is 17.3 Å². The van der Waals surface area contributed by atoms with Crippen molar-refractivity contribution in [1.29, 1.82) is 0 Å². The molecule has 0 saturated carbocycles. The van der Waals surface area contributed by atoms with Gasteiger partial charge in [-0.25, -0.2) is 4.79 Å². The van der Waals surface area contributed by atoms with E-state index in [2.05, 4.69) is 36.5 Å². The van der Waals surface area contributed by atoms with Crippen LogP contribution in [-0.4, -0.2) is 146 Å². The Bertz CT molecular complexity index is 1720. The van der Waals surface area contributed by atoms with E-state index in [4.69, 9.17) is 53.9 Å². The van der Waals surface area contributed by atoms with Crippen molar-refractivity contribution in [1.82, 2.24) is 4.90 Å². The standard InChI is InChI=1S/C49H80N2O14/c1-18-20-21-51(16)37-22-29(5)59-46(30(37)6)64-42-32(8)41(63-39-24-47(13,56-17)44(34(10)60-39)61-35(11)52)33(9)45(54)62-38(19-2)49(15,55)43-31(7)40(50-65-36(12)53)28(4)23-48(42,14)58-26-27(3)25-57-43/h1,28-34,37-39,41-44,46,55H,3,19-26H2,2,4-17H3/b50-40+/t28-,29-,30-,31+,32+,33-,34?,37+,38-,39?,41+,42?,43?,44+,46+,47-,48-,49-/m1/s1. The van der Waals surface area contributed by atoms with Crippen molar-refractivity contribution in [3.8, 4) is 12.3 Å². The van der Waals surface area contributed by atoms with Gasteiger partial charge in [0.15, 0.2) is 18.7 Å². The van der Waals surface area contributed by atoms with Crippen molar-refractivity contribution in [2.45, 2.75) is 200 Å². The predicted molar refractivity (Wildman–Crippen MR) is 242 cm³/mol. The predicted octanol–water partition coefficient (Wildman–Crippen LogP) is 5.99. The molecule has 4 heterocycles. The van der Waals surface area contributed by atoms with Gasteiger partial charge >= 0.3 is 17.9 Å². The Balaban J connectivity index is 1.99. The Morgan fingerprint density at radius 2 is 1.65 bits per heavy atom. The van der Waals surface area contributed by atoms with Gasteiger partial charge in [-0.3, -0.25) is 9.59 Å². The number of hydrogen-bond donors (Lipinski definition) is 1. The molecule has 2 bridgehead atoms. The Morgan fingerprint density at radius 1 is 0.969 bits per heavy atom. The van der Waals surface area contributed by atoms with Crippen LogP contribution in [0.25, 0.3) is 0 Å². The third-order valence-electron chi connectivity index (χ3n) is 14.3. The van der Waals surface area contributed by atoms with E-state index in [9.17, 15) is 19.5 Å². The molecule has 18 atom stereocenters. The number of hydrogen-bond acceptors (Lipinski definition) is 16. The maximum absolute atomic E-state index is 14.8. The summed E-state index contributed by atoms with van der Waals surface area (Å²) in [6.45, 7) is 28.2. The van der Waals surface area contributed by atoms with Gasteiger partial charge in [-0.1, -0.05) is 46.4 Å². The van der Waals surface area contributed by atoms with E-state index < -0.39 is 108 Å². The molecular weight excluding hydrogens is 841 g/mol. The van der Waals surface area contributed by atoms with Gasteiger partial charge in [0, 0.05) is 70.1 Å². The molecule has 16 nitrogen and oxygen atoms in total. The zero-order valence-corrected chi connectivity index (χ0v) is 41.8. The van der Waals surface area contributed by atoms with Gasteiger partial charge < -0.3 is 57.5 Å². The molecule has 4 unspecified atom stereocenters. The third kappa shape index (κ3) is 13.0. The number of aliphatic hydroxyl groups is 1. The van der Waals surface area contributed by atoms with Gasteiger partial charge in [-0.05, 0) is 73.4 Å². The second-order valence-corrected chi connectivity index (χ2v) is 19.9. The summed E-state index contributed by atoms with van der Waals surface area (Å²) in [7, 11) is 3.60. The highest BCUT2D eigenvalue weighted by atomic mass is 16.7. The molecule has 4 aliphatic rings. The molecule has 0 aromatic heterocycles. The average molecular weight is 921 g/mol. The zero-order valence-electron chi connectivity index (χ0n) is 41.8. The summed E-state index contributed by atoms with van der Waals surface area (Å²) in [5, 5.41) is 17.0. The van der Waals surface area contributed by atoms with E-state index in [0.29, 0.717) is 24.3 Å². The smallest absolute Gasteiger partial charge is 0.331 e. The van der Waals surface area contributed by atoms with Crippen molar-refractivity contribution in [3.63, 3.8) is 0 Å². The lowest BCUT2D eigenvalue weighted by Gasteiger charge is -2.51. The number of fused-ring (bicyclic) bond motifs is 5. The first-order chi connectivity index (χ1) is 30.3. The van der Waals surface area contributed by atoms with Crippen molar-refractivity contribution >= 4 is 23.6 Å². The van der Waals surface area contributed by atoms with Gasteiger partial charge in [0.25, 0.3) is 0 Å². The lowest BCUT2D eigenvalue weighted by Crippen LogP contribution is -2.61. The first-order valence-corrected chi connectivity index (χ1v) is 23.4. The zero-order chi connectivity index (χ0) is 48.8. The van der Waals surface area contributed by atoms with E-state index in [1.54, 1.807) is 27.9 Å². The average Bonchev–Trinajstić information content (AvgIpc) is 3.24. The highest BCUT2D eigenvalue weighted by Crippen LogP contribution is 2.44. The quantitative estimate of drug-likeness (QED) is 0.0839. The van der Waals surface area contributed by atoms with Crippen LogP contribution >= 0.6 is 0 Å². The number of esters is 2. The summed E-state index contributed by atoms with van der Waals surface area (Å²) in [6, 6.07) is 0.0528. The monoisotopic (exact) mass is 921 g/mol. The number of rotatable bonds is 11. The minimum Gasteiger partial charge on any atom is -0.459 e. The van der Waals surface area contributed by atoms with E-state index in [1.165, 1.54) is 13.8 Å². The van der Waals surface area contributed by atoms with Gasteiger partial charge in [0.2, 0.25) is 0 Å². The number of carbonyl (C=O) groups excluding carboxylic acids is 3. The SMILES string of the molecule is C#CCCN(C)[C@H]1C[C@@H](C)O[C@@H](OC2[C@@H](C)[C@H](OC3C[C@@](C)(OC)[C@@H](OC(C)=O)C(C)O3)[C@@H](C)C(=O)O[C@H](CC)[C@@](C)(O)C3OCC(=C)CO[C@]2(C)C[C@@H](C)/C(=N\OC(C)=O)[C@@H]3C)[C@@H]1C. The van der Waals surface area contributed by atoms with Crippen molar-refractivity contribution < 1.29 is 67.0 Å². The number of cyclic esters (lactones) is 1. The third-order valence-corrected chi connectivity index (χ3v) is 14.3. The molecule has 0 amide bonds. The van der Waals surface area contributed by atoms with E-state index >= 15 is 0 Å². The van der Waals surface area contributed by atoms with Crippen molar-refractivity contribution in [3.05, 3.63) is 12.2 Å². The van der Waals surface area contributed by atoms with Gasteiger partial charge in [-0.15, -0.1) is 12.3 Å². The molecule has 4 fully saturated rings. The number of methoxy groups -OCH3 is 1. The molecule has 370 valence electrons. The number of nitrogens with zero attached hydrogens (tertiary/aromatic N) is 2. The Labute approximate surface area is 388 Å². The van der Waals surface area contributed by atoms with E-state index in [1.807, 2.05) is 48.5 Å². The fraction of sp³-hybridized carbons (Fsp3) is 0.837. The van der Waals surface area contributed by atoms with Crippen LogP contribution in [0.2, 0.25) is 0 Å². The van der Waals surface area contributed by atoms with Gasteiger partial charge in [-0.2, -0.15) is 0 Å². The summed E-state index contributed by atoms with van der Waals surface area (Å²) in [5.74, 6) is -1.94. The number of oxime groups is 1. The van der Waals surface area contributed by atoms with E-state index in [-0.39, 0.29) is 50.5 Å². The maximum Gasteiger partial charge on any atom is 0.331 e. The molecule has 0 aromatic rings. The molecule has 0 spiro atoms. The molecule has 1 N–H and O–H groups in total. The Hall–Kier alpha value is -2.98. The number of terminal acetylenes is 1. The normalized spacial score (nSPS) is 43.1. The van der Waals surface area contributed by atoms with Crippen LogP contribution in [0.1, 0.15) is 122 Å². The van der Waals surface area contributed by atoms with Crippen LogP contribution in [0, 0.1) is 41.9 Å². The molecule has 0 aromatic carbocycles. The second-order valence-electron chi connectivity index (χ2n) is 19.9. The summed E-state index contributed by atoms with van der Waals surface area (Å²) in [5.41, 5.74) is -3.03. The molecule has 16 heteroatoms. The van der Waals surface area contributed by atoms with Crippen LogP contribution in [-0.2, 0) is 61.9 Å². The summed E-state index contributed by atoms with van der Waals surface area (Å²) < 4.78 is 59.3. The summed E-state index contributed by atoms with van der Waals surface area (Å²) >= 11 is 0. The van der Waals surface area contributed by atoms with Crippen LogP contribution in [0.3, 0.4) is 0 Å². The molecule has 0 aliphatic carbocycles. The lowest BCUT2D eigenvalue weighted by atomic mass is 9.73. The highest BCUT2D eigenvalue weighted by Gasteiger charge is 2.55. The topological polar surface area (TPSA) is 179 Å². The minimum absolute atomic E-state index is 0.0141. The maximum atomic E-state index is 14.8. The number of ether oxygens (including phenoxy) is 9. The first kappa shape index (κ1) is 54.6. The van der Waals surface area contributed by atoms with Crippen molar-refractivity contribution in [2.75, 3.05) is 33.9 Å². The van der Waals surface area contributed by atoms with E-state index in [0.717, 1.165) is 6.42 Å². The van der Waals surface area contributed by atoms with Crippen molar-refractivity contribution in [2.24, 2.45) is 34.7 Å². The van der Waals surface area contributed by atoms with Crippen LogP contribution in [0.5, 0.6) is 0 Å². The Kier molecular flexibility index (Phi) is 19.2. The molecule has 0 radical (unpaired) electrons. The minimum atomic E-state index is -1.79. The summed E-state index contributed by atoms with van der Waals surface area (Å²) in [6.07, 6.45) is 0.353. The van der Waals surface area contributed by atoms with Gasteiger partial charge in [0.05, 0.1) is 61.0 Å². The number of carbonyl (C=O) groups is 3. The highest BCUT2D eigenvalue weighted by molar-refractivity contribution is 5.89. The molecule has 4 saturated heterocycles. The molecular formula is C49H80N2O14. The molecule has 65 heavy (non-hydrogen) atoms. The fourth-order valence-electron chi connectivity index (χ4n) is 10.7. The lowest BCUT2D eigenvalue weighted by molar-refractivity contribution is -0.316. The van der Waals surface area contributed by atoms with Crippen LogP contribution in [0.15, 0.2) is 17.3 Å². The van der Waals surface area contributed by atoms with Crippen LogP contribution in [0.4, 0.5) is 0 Å².